The van der Waals surface area contributed by atoms with Crippen molar-refractivity contribution in [3.8, 4) is 0 Å². The SMILES string of the molecule is CCOC(=O)C(C(C)=O)c1ccc(Br)cc1C(=O)O. The number of hydrogen-bond donors (Lipinski definition) is 1. The topological polar surface area (TPSA) is 80.7 Å². The first-order chi connectivity index (χ1) is 8.88. The second kappa shape index (κ2) is 6.47. The van der Waals surface area contributed by atoms with Gasteiger partial charge in [-0.1, -0.05) is 22.0 Å². The summed E-state index contributed by atoms with van der Waals surface area (Å²) in [7, 11) is 0. The smallest absolute Gasteiger partial charge is 0.336 e. The number of Topliss-reactive ketones (excluding diaryl/α,β-unsaturated/α-hetero) is 1. The number of benzene rings is 1. The van der Waals surface area contributed by atoms with Crippen molar-refractivity contribution in [2.24, 2.45) is 0 Å². The van der Waals surface area contributed by atoms with Gasteiger partial charge in [0, 0.05) is 4.47 Å². The van der Waals surface area contributed by atoms with Gasteiger partial charge in [-0.25, -0.2) is 4.79 Å². The number of halogens is 1. The van der Waals surface area contributed by atoms with Gasteiger partial charge in [0.15, 0.2) is 0 Å². The van der Waals surface area contributed by atoms with Crippen molar-refractivity contribution >= 4 is 33.7 Å². The third-order valence-corrected chi connectivity index (χ3v) is 2.98. The van der Waals surface area contributed by atoms with Gasteiger partial charge in [-0.15, -0.1) is 0 Å². The van der Waals surface area contributed by atoms with Crippen LogP contribution < -0.4 is 0 Å². The number of ketones is 1. The molecule has 1 atom stereocenters. The molecular formula is C13H13BrO5. The monoisotopic (exact) mass is 328 g/mol. The molecule has 0 heterocycles. The molecule has 1 rings (SSSR count). The zero-order valence-corrected chi connectivity index (χ0v) is 12.1. The first-order valence-corrected chi connectivity index (χ1v) is 6.37. The van der Waals surface area contributed by atoms with E-state index in [9.17, 15) is 14.4 Å². The number of ether oxygens (including phenoxy) is 1. The van der Waals surface area contributed by atoms with Crippen molar-refractivity contribution in [2.45, 2.75) is 19.8 Å². The predicted molar refractivity (Wildman–Crippen MR) is 71.2 cm³/mol. The number of esters is 1. The van der Waals surface area contributed by atoms with E-state index in [2.05, 4.69) is 15.9 Å². The second-order valence-corrected chi connectivity index (χ2v) is 4.75. The van der Waals surface area contributed by atoms with Crippen LogP contribution in [0.4, 0.5) is 0 Å². The van der Waals surface area contributed by atoms with Gasteiger partial charge in [-0.3, -0.25) is 9.59 Å². The number of hydrogen-bond acceptors (Lipinski definition) is 4. The van der Waals surface area contributed by atoms with E-state index in [1.807, 2.05) is 0 Å². The molecule has 0 aliphatic rings. The van der Waals surface area contributed by atoms with Gasteiger partial charge in [0.05, 0.1) is 12.2 Å². The number of carboxylic acid groups (broad SMARTS) is 1. The van der Waals surface area contributed by atoms with Gasteiger partial charge in [0.2, 0.25) is 0 Å². The lowest BCUT2D eigenvalue weighted by Gasteiger charge is -2.15. The zero-order valence-electron chi connectivity index (χ0n) is 10.5. The molecule has 0 fully saturated rings. The Morgan fingerprint density at radius 3 is 2.47 bits per heavy atom. The summed E-state index contributed by atoms with van der Waals surface area (Å²) in [4.78, 5) is 34.6. The van der Waals surface area contributed by atoms with Gasteiger partial charge in [0.1, 0.15) is 11.7 Å². The van der Waals surface area contributed by atoms with Crippen LogP contribution in [0.15, 0.2) is 22.7 Å². The Balaban J connectivity index is 3.34. The number of aromatic carboxylic acids is 1. The molecule has 1 aromatic carbocycles. The van der Waals surface area contributed by atoms with E-state index in [0.29, 0.717) is 4.47 Å². The van der Waals surface area contributed by atoms with Crippen LogP contribution in [0.3, 0.4) is 0 Å². The molecule has 1 N–H and O–H groups in total. The third kappa shape index (κ3) is 3.64. The molecule has 19 heavy (non-hydrogen) atoms. The maximum Gasteiger partial charge on any atom is 0.336 e. The van der Waals surface area contributed by atoms with E-state index >= 15 is 0 Å². The lowest BCUT2D eigenvalue weighted by molar-refractivity contribution is -0.147. The predicted octanol–water partition coefficient (Wildman–Crippen LogP) is 2.38. The largest absolute Gasteiger partial charge is 0.478 e. The minimum absolute atomic E-state index is 0.0948. The molecular weight excluding hydrogens is 316 g/mol. The first kappa shape index (κ1) is 15.4. The second-order valence-electron chi connectivity index (χ2n) is 3.83. The molecule has 5 nitrogen and oxygen atoms in total. The molecule has 0 bridgehead atoms. The molecule has 0 aromatic heterocycles. The number of carboxylic acids is 1. The summed E-state index contributed by atoms with van der Waals surface area (Å²) in [5, 5.41) is 9.15. The Bertz CT molecular complexity index is 524. The molecule has 0 spiro atoms. The number of carbonyl (C=O) groups excluding carboxylic acids is 2. The number of rotatable bonds is 5. The normalized spacial score (nSPS) is 11.7. The highest BCUT2D eigenvalue weighted by molar-refractivity contribution is 9.10. The van der Waals surface area contributed by atoms with Crippen LogP contribution in [-0.2, 0) is 14.3 Å². The molecule has 0 aliphatic heterocycles. The summed E-state index contributed by atoms with van der Waals surface area (Å²) < 4.78 is 5.38. The Kier molecular flexibility index (Phi) is 5.23. The van der Waals surface area contributed by atoms with Gasteiger partial charge in [-0.05, 0) is 31.5 Å². The molecule has 0 amide bonds. The highest BCUT2D eigenvalue weighted by Crippen LogP contribution is 2.26. The van der Waals surface area contributed by atoms with Gasteiger partial charge >= 0.3 is 11.9 Å². The Morgan fingerprint density at radius 1 is 1.37 bits per heavy atom. The summed E-state index contributed by atoms with van der Waals surface area (Å²) in [5.41, 5.74) is 0.0456. The zero-order chi connectivity index (χ0) is 14.6. The van der Waals surface area contributed by atoms with Crippen molar-refractivity contribution in [2.75, 3.05) is 6.61 Å². The van der Waals surface area contributed by atoms with Crippen LogP contribution in [0.1, 0.15) is 35.7 Å². The van der Waals surface area contributed by atoms with Crippen molar-refractivity contribution in [3.05, 3.63) is 33.8 Å². The Hall–Kier alpha value is -1.69. The van der Waals surface area contributed by atoms with Crippen LogP contribution >= 0.6 is 15.9 Å². The average molecular weight is 329 g/mol. The summed E-state index contributed by atoms with van der Waals surface area (Å²) in [6, 6.07) is 4.38. The lowest BCUT2D eigenvalue weighted by Crippen LogP contribution is -2.24. The van der Waals surface area contributed by atoms with Crippen LogP contribution in [0, 0.1) is 0 Å². The molecule has 102 valence electrons. The minimum Gasteiger partial charge on any atom is -0.478 e. The molecule has 0 saturated heterocycles. The maximum absolute atomic E-state index is 11.8. The Morgan fingerprint density at radius 2 is 2.00 bits per heavy atom. The maximum atomic E-state index is 11.8. The summed E-state index contributed by atoms with van der Waals surface area (Å²) in [6.45, 7) is 2.98. The first-order valence-electron chi connectivity index (χ1n) is 5.58. The molecule has 1 unspecified atom stereocenters. The van der Waals surface area contributed by atoms with Crippen LogP contribution in [0.25, 0.3) is 0 Å². The Labute approximate surface area is 118 Å². The molecule has 1 aromatic rings. The third-order valence-electron chi connectivity index (χ3n) is 2.49. The van der Waals surface area contributed by atoms with E-state index in [4.69, 9.17) is 9.84 Å². The van der Waals surface area contributed by atoms with Crippen molar-refractivity contribution < 1.29 is 24.2 Å². The van der Waals surface area contributed by atoms with E-state index in [0.717, 1.165) is 0 Å². The molecule has 0 radical (unpaired) electrons. The summed E-state index contributed by atoms with van der Waals surface area (Å²) in [6.07, 6.45) is 0. The fourth-order valence-corrected chi connectivity index (χ4v) is 2.06. The van der Waals surface area contributed by atoms with Gasteiger partial charge in [-0.2, -0.15) is 0 Å². The molecule has 0 aliphatic carbocycles. The van der Waals surface area contributed by atoms with Gasteiger partial charge in [0.25, 0.3) is 0 Å². The highest BCUT2D eigenvalue weighted by Gasteiger charge is 2.30. The van der Waals surface area contributed by atoms with Crippen molar-refractivity contribution in [3.63, 3.8) is 0 Å². The molecule has 6 heteroatoms. The summed E-state index contributed by atoms with van der Waals surface area (Å²) in [5.74, 6) is -3.60. The van der Waals surface area contributed by atoms with E-state index in [1.54, 1.807) is 13.0 Å². The summed E-state index contributed by atoms with van der Waals surface area (Å²) >= 11 is 3.15. The number of carbonyl (C=O) groups is 3. The molecule has 0 saturated carbocycles. The highest BCUT2D eigenvalue weighted by atomic mass is 79.9. The van der Waals surface area contributed by atoms with Crippen LogP contribution in [-0.4, -0.2) is 29.4 Å². The lowest BCUT2D eigenvalue weighted by atomic mass is 9.91. The standard InChI is InChI=1S/C13H13BrO5/c1-3-19-13(18)11(7(2)15)9-5-4-8(14)6-10(9)12(16)17/h4-6,11H,3H2,1-2H3,(H,16,17). The van der Waals surface area contributed by atoms with Gasteiger partial charge < -0.3 is 9.84 Å². The van der Waals surface area contributed by atoms with Crippen molar-refractivity contribution in [1.29, 1.82) is 0 Å². The van der Waals surface area contributed by atoms with Crippen LogP contribution in [0.2, 0.25) is 0 Å². The van der Waals surface area contributed by atoms with Crippen molar-refractivity contribution in [1.82, 2.24) is 0 Å². The van der Waals surface area contributed by atoms with E-state index in [-0.39, 0.29) is 17.7 Å². The van der Waals surface area contributed by atoms with Crippen LogP contribution in [0.5, 0.6) is 0 Å². The van der Waals surface area contributed by atoms with E-state index in [1.165, 1.54) is 19.1 Å². The van der Waals surface area contributed by atoms with E-state index < -0.39 is 23.6 Å². The average Bonchev–Trinajstić information content (AvgIpc) is 2.31. The fraction of sp³-hybridized carbons (Fsp3) is 0.308. The minimum atomic E-state index is -1.21. The fourth-order valence-electron chi connectivity index (χ4n) is 1.70. The quantitative estimate of drug-likeness (QED) is 0.663.